The molecule has 2 N–H and O–H groups in total. The molecule has 1 aromatic carbocycles. The minimum Gasteiger partial charge on any atom is -0.389 e. The van der Waals surface area contributed by atoms with E-state index in [1.165, 1.54) is 12.1 Å². The van der Waals surface area contributed by atoms with Crippen LogP contribution in [0.25, 0.3) is 0 Å². The predicted octanol–water partition coefficient (Wildman–Crippen LogP) is 3.35. The highest BCUT2D eigenvalue weighted by Crippen LogP contribution is 2.32. The fourth-order valence-corrected chi connectivity index (χ4v) is 3.12. The van der Waals surface area contributed by atoms with Gasteiger partial charge in [-0.1, -0.05) is 30.5 Å². The average molecular weight is 300 g/mol. The second-order valence-electron chi connectivity index (χ2n) is 5.53. The Morgan fingerprint density at radius 3 is 2.75 bits per heavy atom. The van der Waals surface area contributed by atoms with Gasteiger partial charge in [-0.05, 0) is 31.9 Å². The molecule has 5 heteroatoms. The van der Waals surface area contributed by atoms with Crippen molar-refractivity contribution in [1.29, 1.82) is 0 Å². The van der Waals surface area contributed by atoms with E-state index >= 15 is 0 Å². The van der Waals surface area contributed by atoms with Crippen molar-refractivity contribution in [1.82, 2.24) is 5.32 Å². The smallest absolute Gasteiger partial charge is 0.223 e. The first-order valence-corrected chi connectivity index (χ1v) is 7.25. The zero-order valence-corrected chi connectivity index (χ0v) is 12.2. The van der Waals surface area contributed by atoms with Gasteiger partial charge < -0.3 is 10.4 Å². The zero-order chi connectivity index (χ0) is 14.8. The monoisotopic (exact) mass is 299 g/mol. The average Bonchev–Trinajstić information content (AvgIpc) is 2.74. The van der Waals surface area contributed by atoms with Gasteiger partial charge in [0.25, 0.3) is 0 Å². The minimum absolute atomic E-state index is 0.0589. The van der Waals surface area contributed by atoms with Crippen molar-refractivity contribution in [2.75, 3.05) is 0 Å². The number of rotatable bonds is 4. The molecule has 0 heterocycles. The number of hydrogen-bond acceptors (Lipinski definition) is 2. The molecule has 3 nitrogen and oxygen atoms in total. The van der Waals surface area contributed by atoms with Gasteiger partial charge in [0, 0.05) is 10.6 Å². The van der Waals surface area contributed by atoms with Crippen LogP contribution in [0.5, 0.6) is 0 Å². The number of nitrogens with one attached hydrogen (secondary N) is 1. The van der Waals surface area contributed by atoms with Gasteiger partial charge >= 0.3 is 0 Å². The van der Waals surface area contributed by atoms with Crippen LogP contribution in [0, 0.1) is 5.82 Å². The maximum absolute atomic E-state index is 13.7. The van der Waals surface area contributed by atoms with Crippen LogP contribution in [0.1, 0.15) is 50.6 Å². The second kappa shape index (κ2) is 6.10. The molecule has 1 amide bonds. The summed E-state index contributed by atoms with van der Waals surface area (Å²) in [7, 11) is 0. The van der Waals surface area contributed by atoms with Crippen molar-refractivity contribution >= 4 is 17.5 Å². The summed E-state index contributed by atoms with van der Waals surface area (Å²) in [5.41, 5.74) is -0.621. The summed E-state index contributed by atoms with van der Waals surface area (Å²) in [6, 6.07) is 3.90. The summed E-state index contributed by atoms with van der Waals surface area (Å²) < 4.78 is 13.7. The predicted molar refractivity (Wildman–Crippen MR) is 76.0 cm³/mol. The lowest BCUT2D eigenvalue weighted by atomic mass is 9.97. The number of benzene rings is 1. The van der Waals surface area contributed by atoms with Crippen molar-refractivity contribution in [2.45, 2.75) is 50.7 Å². The van der Waals surface area contributed by atoms with E-state index in [4.69, 9.17) is 11.6 Å². The Labute approximate surface area is 123 Å². The SMILES string of the molecule is CC(NC(=O)CC1(O)CCCC1)c1c(F)cccc1Cl. The Balaban J connectivity index is 2.00. The molecule has 110 valence electrons. The highest BCUT2D eigenvalue weighted by molar-refractivity contribution is 6.31. The van der Waals surface area contributed by atoms with E-state index in [0.717, 1.165) is 12.8 Å². The second-order valence-corrected chi connectivity index (χ2v) is 5.94. The lowest BCUT2D eigenvalue weighted by Crippen LogP contribution is -2.36. The van der Waals surface area contributed by atoms with Gasteiger partial charge in [-0.3, -0.25) is 4.79 Å². The molecule has 0 spiro atoms. The number of carbonyl (C=O) groups excluding carboxylic acids is 1. The largest absolute Gasteiger partial charge is 0.389 e. The van der Waals surface area contributed by atoms with Gasteiger partial charge in [0.1, 0.15) is 5.82 Å². The molecule has 20 heavy (non-hydrogen) atoms. The van der Waals surface area contributed by atoms with Crippen LogP contribution in [0.15, 0.2) is 18.2 Å². The number of hydrogen-bond donors (Lipinski definition) is 2. The summed E-state index contributed by atoms with van der Waals surface area (Å²) in [6.07, 6.45) is 3.24. The van der Waals surface area contributed by atoms with Crippen LogP contribution in [-0.4, -0.2) is 16.6 Å². The van der Waals surface area contributed by atoms with Crippen LogP contribution < -0.4 is 5.32 Å². The topological polar surface area (TPSA) is 49.3 Å². The van der Waals surface area contributed by atoms with E-state index in [9.17, 15) is 14.3 Å². The van der Waals surface area contributed by atoms with Gasteiger partial charge in [0.2, 0.25) is 5.91 Å². The number of halogens is 2. The van der Waals surface area contributed by atoms with Crippen molar-refractivity contribution in [3.63, 3.8) is 0 Å². The number of amides is 1. The van der Waals surface area contributed by atoms with Gasteiger partial charge in [-0.2, -0.15) is 0 Å². The lowest BCUT2D eigenvalue weighted by molar-refractivity contribution is -0.126. The van der Waals surface area contributed by atoms with Gasteiger partial charge in [-0.25, -0.2) is 4.39 Å². The number of carbonyl (C=O) groups is 1. The van der Waals surface area contributed by atoms with Crippen LogP contribution >= 0.6 is 11.6 Å². The van der Waals surface area contributed by atoms with Crippen molar-refractivity contribution in [3.05, 3.63) is 34.6 Å². The molecule has 0 bridgehead atoms. The summed E-state index contributed by atoms with van der Waals surface area (Å²) in [5.74, 6) is -0.717. The highest BCUT2D eigenvalue weighted by Gasteiger charge is 2.33. The Bertz CT molecular complexity index is 480. The van der Waals surface area contributed by atoms with E-state index in [1.807, 2.05) is 0 Å². The molecule has 1 unspecified atom stereocenters. The van der Waals surface area contributed by atoms with E-state index < -0.39 is 17.5 Å². The van der Waals surface area contributed by atoms with Crippen LogP contribution in [-0.2, 0) is 4.79 Å². The van der Waals surface area contributed by atoms with Gasteiger partial charge in [-0.15, -0.1) is 0 Å². The molecule has 1 aromatic rings. The first-order valence-electron chi connectivity index (χ1n) is 6.87. The van der Waals surface area contributed by atoms with E-state index in [0.29, 0.717) is 12.8 Å². The van der Waals surface area contributed by atoms with Crippen molar-refractivity contribution in [2.24, 2.45) is 0 Å². The maximum atomic E-state index is 13.7. The summed E-state index contributed by atoms with van der Waals surface area (Å²) in [4.78, 5) is 12.0. The van der Waals surface area contributed by atoms with E-state index in [1.54, 1.807) is 13.0 Å². The van der Waals surface area contributed by atoms with Crippen molar-refractivity contribution < 1.29 is 14.3 Å². The van der Waals surface area contributed by atoms with Crippen molar-refractivity contribution in [3.8, 4) is 0 Å². The first kappa shape index (κ1) is 15.3. The molecule has 0 aromatic heterocycles. The molecular weight excluding hydrogens is 281 g/mol. The standard InChI is InChI=1S/C15H19ClFNO2/c1-10(14-11(16)5-4-6-12(14)17)18-13(19)9-15(20)7-2-3-8-15/h4-6,10,20H,2-3,7-9H2,1H3,(H,18,19). The van der Waals surface area contributed by atoms with Crippen LogP contribution in [0.4, 0.5) is 4.39 Å². The molecule has 2 rings (SSSR count). The molecule has 1 aliphatic carbocycles. The minimum atomic E-state index is -0.900. The quantitative estimate of drug-likeness (QED) is 0.896. The van der Waals surface area contributed by atoms with E-state index in [-0.39, 0.29) is 22.9 Å². The summed E-state index contributed by atoms with van der Waals surface area (Å²) in [5, 5.41) is 13.2. The highest BCUT2D eigenvalue weighted by atomic mass is 35.5. The first-order chi connectivity index (χ1) is 9.41. The fourth-order valence-electron chi connectivity index (χ4n) is 2.80. The molecule has 0 radical (unpaired) electrons. The number of aliphatic hydroxyl groups is 1. The third-order valence-electron chi connectivity index (χ3n) is 3.83. The Kier molecular flexibility index (Phi) is 4.66. The molecule has 0 saturated heterocycles. The van der Waals surface area contributed by atoms with Crippen LogP contribution in [0.3, 0.4) is 0 Å². The lowest BCUT2D eigenvalue weighted by Gasteiger charge is -2.23. The maximum Gasteiger partial charge on any atom is 0.223 e. The van der Waals surface area contributed by atoms with E-state index in [2.05, 4.69) is 5.32 Å². The Hall–Kier alpha value is -1.13. The Morgan fingerprint density at radius 1 is 1.50 bits per heavy atom. The Morgan fingerprint density at radius 2 is 2.15 bits per heavy atom. The summed E-state index contributed by atoms with van der Waals surface area (Å²) in [6.45, 7) is 1.68. The normalized spacial score (nSPS) is 18.8. The van der Waals surface area contributed by atoms with Gasteiger partial charge in [0.15, 0.2) is 0 Å². The molecule has 1 fully saturated rings. The molecule has 1 saturated carbocycles. The summed E-state index contributed by atoms with van der Waals surface area (Å²) >= 11 is 5.96. The fraction of sp³-hybridized carbons (Fsp3) is 0.533. The van der Waals surface area contributed by atoms with Gasteiger partial charge in [0.05, 0.1) is 18.1 Å². The third kappa shape index (κ3) is 3.49. The zero-order valence-electron chi connectivity index (χ0n) is 11.5. The molecular formula is C15H19ClFNO2. The third-order valence-corrected chi connectivity index (χ3v) is 4.16. The molecule has 1 aliphatic rings. The molecule has 0 aliphatic heterocycles. The van der Waals surface area contributed by atoms with Crippen LogP contribution in [0.2, 0.25) is 5.02 Å². The molecule has 1 atom stereocenters.